The van der Waals surface area contributed by atoms with Crippen molar-refractivity contribution >= 4 is 5.97 Å². The van der Waals surface area contributed by atoms with Crippen molar-refractivity contribution in [3.8, 4) is 5.88 Å². The molecule has 6 heteroatoms. The first-order valence-corrected chi connectivity index (χ1v) is 5.09. The Bertz CT molecular complexity index is 575. The van der Waals surface area contributed by atoms with Gasteiger partial charge in [0.15, 0.2) is 0 Å². The van der Waals surface area contributed by atoms with E-state index in [4.69, 9.17) is 9.84 Å². The molecule has 0 radical (unpaired) electrons. The molecule has 92 valence electrons. The van der Waals surface area contributed by atoms with Crippen LogP contribution in [0.15, 0.2) is 36.7 Å². The van der Waals surface area contributed by atoms with Crippen LogP contribution in [0.5, 0.6) is 5.88 Å². The Labute approximate surface area is 102 Å². The fourth-order valence-corrected chi connectivity index (χ4v) is 1.34. The van der Waals surface area contributed by atoms with E-state index in [9.17, 15) is 9.18 Å². The summed E-state index contributed by atoms with van der Waals surface area (Å²) in [6.07, 6.45) is 2.56. The Hall–Kier alpha value is -2.50. The topological polar surface area (TPSA) is 72.3 Å². The third-order valence-corrected chi connectivity index (χ3v) is 2.19. The number of nitrogens with zero attached hydrogens (tertiary/aromatic N) is 2. The second kappa shape index (κ2) is 5.22. The van der Waals surface area contributed by atoms with Gasteiger partial charge in [-0.15, -0.1) is 0 Å². The van der Waals surface area contributed by atoms with Gasteiger partial charge in [0.2, 0.25) is 11.6 Å². The highest BCUT2D eigenvalue weighted by Crippen LogP contribution is 2.14. The quantitative estimate of drug-likeness (QED) is 0.894. The molecule has 0 fully saturated rings. The first-order valence-electron chi connectivity index (χ1n) is 5.09. The molecule has 0 bridgehead atoms. The van der Waals surface area contributed by atoms with Crippen LogP contribution >= 0.6 is 0 Å². The predicted molar refractivity (Wildman–Crippen MR) is 59.7 cm³/mol. The Kier molecular flexibility index (Phi) is 3.47. The fraction of sp³-hybridized carbons (Fsp3) is 0.0833. The number of ether oxygens (including phenoxy) is 1. The van der Waals surface area contributed by atoms with Gasteiger partial charge in [-0.3, -0.25) is 0 Å². The Morgan fingerprint density at radius 3 is 2.72 bits per heavy atom. The maximum absolute atomic E-state index is 13.3. The van der Waals surface area contributed by atoms with Crippen LogP contribution in [0.25, 0.3) is 0 Å². The Balaban J connectivity index is 2.16. The average Bonchev–Trinajstić information content (AvgIpc) is 2.38. The van der Waals surface area contributed by atoms with E-state index in [1.54, 1.807) is 18.2 Å². The molecule has 1 aromatic carbocycles. The highest BCUT2D eigenvalue weighted by Gasteiger charge is 2.14. The molecule has 1 aromatic heterocycles. The summed E-state index contributed by atoms with van der Waals surface area (Å²) in [6, 6.07) is 6.07. The molecule has 2 rings (SSSR count). The lowest BCUT2D eigenvalue weighted by molar-refractivity contribution is 0.0683. The lowest BCUT2D eigenvalue weighted by Crippen LogP contribution is -2.07. The summed E-state index contributed by atoms with van der Waals surface area (Å²) in [5.41, 5.74) is 0.0216. The Morgan fingerprint density at radius 1 is 1.28 bits per heavy atom. The molecule has 0 aliphatic carbocycles. The molecule has 0 aliphatic rings. The van der Waals surface area contributed by atoms with Gasteiger partial charge in [0, 0.05) is 18.0 Å². The Morgan fingerprint density at radius 2 is 2.00 bits per heavy atom. The molecule has 5 nitrogen and oxygen atoms in total. The van der Waals surface area contributed by atoms with Gasteiger partial charge < -0.3 is 9.84 Å². The van der Waals surface area contributed by atoms with Gasteiger partial charge in [-0.25, -0.2) is 19.2 Å². The van der Waals surface area contributed by atoms with Crippen molar-refractivity contribution < 1.29 is 19.0 Å². The molecule has 0 amide bonds. The summed E-state index contributed by atoms with van der Waals surface area (Å²) >= 11 is 0. The van der Waals surface area contributed by atoms with Crippen molar-refractivity contribution in [3.05, 3.63) is 53.7 Å². The van der Waals surface area contributed by atoms with Crippen molar-refractivity contribution in [1.82, 2.24) is 9.97 Å². The third-order valence-electron chi connectivity index (χ3n) is 2.19. The van der Waals surface area contributed by atoms with Crippen molar-refractivity contribution in [2.75, 3.05) is 0 Å². The fourth-order valence-electron chi connectivity index (χ4n) is 1.34. The molecule has 0 saturated heterocycles. The third kappa shape index (κ3) is 2.60. The van der Waals surface area contributed by atoms with Crippen LogP contribution in [0.1, 0.15) is 16.1 Å². The van der Waals surface area contributed by atoms with Crippen molar-refractivity contribution in [1.29, 1.82) is 0 Å². The number of carboxylic acid groups (broad SMARTS) is 1. The van der Waals surface area contributed by atoms with E-state index in [0.717, 1.165) is 0 Å². The van der Waals surface area contributed by atoms with E-state index < -0.39 is 11.8 Å². The van der Waals surface area contributed by atoms with E-state index in [2.05, 4.69) is 9.97 Å². The van der Waals surface area contributed by atoms with Crippen LogP contribution in [-0.4, -0.2) is 21.0 Å². The van der Waals surface area contributed by atoms with Crippen molar-refractivity contribution in [2.24, 2.45) is 0 Å². The van der Waals surface area contributed by atoms with Gasteiger partial charge in [0.05, 0.1) is 0 Å². The minimum Gasteiger partial charge on any atom is -0.476 e. The molecule has 0 aliphatic heterocycles. The zero-order valence-electron chi connectivity index (χ0n) is 9.21. The second-order valence-electron chi connectivity index (χ2n) is 3.40. The molecular formula is C12H9FN2O3. The zero-order valence-corrected chi connectivity index (χ0v) is 9.21. The summed E-state index contributed by atoms with van der Waals surface area (Å²) in [6.45, 7) is -0.106. The number of aromatic carboxylic acids is 1. The van der Waals surface area contributed by atoms with E-state index >= 15 is 0 Å². The standard InChI is InChI=1S/C12H9FN2O3/c13-9-4-2-1-3-8(9)7-18-11-10(12(16)17)14-5-6-15-11/h1-6H,7H2,(H,16,17). The molecule has 2 aromatic rings. The summed E-state index contributed by atoms with van der Waals surface area (Å²) in [4.78, 5) is 18.2. The normalized spacial score (nSPS) is 10.1. The predicted octanol–water partition coefficient (Wildman–Crippen LogP) is 1.89. The van der Waals surface area contributed by atoms with E-state index in [-0.39, 0.29) is 18.2 Å². The van der Waals surface area contributed by atoms with Crippen molar-refractivity contribution in [3.63, 3.8) is 0 Å². The maximum atomic E-state index is 13.3. The number of aromatic nitrogens is 2. The van der Waals surface area contributed by atoms with Gasteiger partial charge >= 0.3 is 5.97 Å². The summed E-state index contributed by atoms with van der Waals surface area (Å²) < 4.78 is 18.5. The molecule has 0 unspecified atom stereocenters. The number of hydrogen-bond donors (Lipinski definition) is 1. The lowest BCUT2D eigenvalue weighted by Gasteiger charge is -2.07. The number of hydrogen-bond acceptors (Lipinski definition) is 4. The van der Waals surface area contributed by atoms with Crippen LogP contribution in [-0.2, 0) is 6.61 Å². The minimum atomic E-state index is -1.24. The number of benzene rings is 1. The molecule has 18 heavy (non-hydrogen) atoms. The minimum absolute atomic E-state index is 0.106. The van der Waals surface area contributed by atoms with Crippen LogP contribution in [0.3, 0.4) is 0 Å². The number of carbonyl (C=O) groups is 1. The monoisotopic (exact) mass is 248 g/mol. The average molecular weight is 248 g/mol. The van der Waals surface area contributed by atoms with Crippen LogP contribution in [0, 0.1) is 5.82 Å². The summed E-state index contributed by atoms with van der Waals surface area (Å²) in [5, 5.41) is 8.86. The zero-order chi connectivity index (χ0) is 13.0. The van der Waals surface area contributed by atoms with Crippen LogP contribution < -0.4 is 4.74 Å². The SMILES string of the molecule is O=C(O)c1nccnc1OCc1ccccc1F. The van der Waals surface area contributed by atoms with E-state index in [1.807, 2.05) is 0 Å². The molecule has 1 N–H and O–H groups in total. The number of rotatable bonds is 4. The van der Waals surface area contributed by atoms with E-state index in [1.165, 1.54) is 18.5 Å². The second-order valence-corrected chi connectivity index (χ2v) is 3.40. The molecule has 1 heterocycles. The lowest BCUT2D eigenvalue weighted by atomic mass is 10.2. The van der Waals surface area contributed by atoms with Gasteiger partial charge in [-0.05, 0) is 6.07 Å². The highest BCUT2D eigenvalue weighted by molar-refractivity contribution is 5.87. The van der Waals surface area contributed by atoms with Crippen LogP contribution in [0.4, 0.5) is 4.39 Å². The highest BCUT2D eigenvalue weighted by atomic mass is 19.1. The first-order chi connectivity index (χ1) is 8.68. The molecule has 0 spiro atoms. The molecule has 0 atom stereocenters. The molecule has 0 saturated carbocycles. The largest absolute Gasteiger partial charge is 0.476 e. The van der Waals surface area contributed by atoms with E-state index in [0.29, 0.717) is 5.56 Å². The van der Waals surface area contributed by atoms with Gasteiger partial charge in [-0.1, -0.05) is 18.2 Å². The number of halogens is 1. The van der Waals surface area contributed by atoms with Gasteiger partial charge in [-0.2, -0.15) is 0 Å². The summed E-state index contributed by atoms with van der Waals surface area (Å²) in [5.74, 6) is -1.79. The summed E-state index contributed by atoms with van der Waals surface area (Å²) in [7, 11) is 0. The molecular weight excluding hydrogens is 239 g/mol. The maximum Gasteiger partial charge on any atom is 0.360 e. The van der Waals surface area contributed by atoms with Crippen molar-refractivity contribution in [2.45, 2.75) is 6.61 Å². The van der Waals surface area contributed by atoms with Gasteiger partial charge in [0.25, 0.3) is 0 Å². The first kappa shape index (κ1) is 12.0. The van der Waals surface area contributed by atoms with Crippen LogP contribution in [0.2, 0.25) is 0 Å². The smallest absolute Gasteiger partial charge is 0.360 e. The number of carboxylic acids is 1. The van der Waals surface area contributed by atoms with Gasteiger partial charge in [0.1, 0.15) is 12.4 Å².